The minimum absolute atomic E-state index is 0.205. The van der Waals surface area contributed by atoms with E-state index in [1.54, 1.807) is 6.20 Å². The normalized spacial score (nSPS) is 23.8. The van der Waals surface area contributed by atoms with Crippen LogP contribution >= 0.6 is 0 Å². The summed E-state index contributed by atoms with van der Waals surface area (Å²) in [6.07, 6.45) is 7.53. The molecule has 18 heavy (non-hydrogen) atoms. The highest BCUT2D eigenvalue weighted by molar-refractivity contribution is 5.84. The maximum Gasteiger partial charge on any atom is 0.237 e. The van der Waals surface area contributed by atoms with Gasteiger partial charge in [-0.1, -0.05) is 6.07 Å². The molecule has 0 bridgehead atoms. The van der Waals surface area contributed by atoms with Gasteiger partial charge in [0.05, 0.1) is 5.54 Å². The van der Waals surface area contributed by atoms with E-state index in [2.05, 4.69) is 10.3 Å². The Bertz CT molecular complexity index is 385. The van der Waals surface area contributed by atoms with Crippen molar-refractivity contribution in [1.82, 2.24) is 10.3 Å². The molecule has 0 aromatic carbocycles. The van der Waals surface area contributed by atoms with E-state index < -0.39 is 5.54 Å². The van der Waals surface area contributed by atoms with Crippen molar-refractivity contribution in [2.24, 2.45) is 5.73 Å². The Morgan fingerprint density at radius 2 is 2.33 bits per heavy atom. The number of aryl methyl sites for hydroxylation is 1. The minimum Gasteiger partial charge on any atom is -0.368 e. The van der Waals surface area contributed by atoms with E-state index in [0.717, 1.165) is 50.8 Å². The third kappa shape index (κ3) is 3.07. The van der Waals surface area contributed by atoms with Crippen molar-refractivity contribution in [3.8, 4) is 0 Å². The second-order valence-corrected chi connectivity index (χ2v) is 5.00. The van der Waals surface area contributed by atoms with E-state index in [9.17, 15) is 4.79 Å². The molecule has 0 radical (unpaired) electrons. The highest BCUT2D eigenvalue weighted by atomic mass is 16.1. The third-order valence-corrected chi connectivity index (χ3v) is 3.73. The van der Waals surface area contributed by atoms with Crippen LogP contribution in [0.5, 0.6) is 0 Å². The molecule has 0 unspecified atom stereocenters. The fourth-order valence-corrected chi connectivity index (χ4v) is 2.63. The summed E-state index contributed by atoms with van der Waals surface area (Å²) >= 11 is 0. The second-order valence-electron chi connectivity index (χ2n) is 5.00. The maximum atomic E-state index is 11.7. The number of nitrogens with zero attached hydrogens (tertiary/aromatic N) is 1. The van der Waals surface area contributed by atoms with Crippen LogP contribution in [0.2, 0.25) is 0 Å². The van der Waals surface area contributed by atoms with Crippen molar-refractivity contribution in [3.63, 3.8) is 0 Å². The zero-order chi connectivity index (χ0) is 12.8. The van der Waals surface area contributed by atoms with Gasteiger partial charge >= 0.3 is 0 Å². The molecule has 1 aromatic rings. The number of nitrogens with one attached hydrogen (secondary N) is 1. The molecule has 0 spiro atoms. The number of nitrogens with two attached hydrogens (primary N) is 1. The Balaban J connectivity index is 1.88. The van der Waals surface area contributed by atoms with Crippen LogP contribution in [-0.2, 0) is 11.2 Å². The van der Waals surface area contributed by atoms with Gasteiger partial charge in [-0.3, -0.25) is 9.78 Å². The van der Waals surface area contributed by atoms with Crippen molar-refractivity contribution in [2.45, 2.75) is 44.1 Å². The van der Waals surface area contributed by atoms with Gasteiger partial charge in [-0.25, -0.2) is 0 Å². The lowest BCUT2D eigenvalue weighted by Gasteiger charge is -2.35. The predicted octanol–water partition coefficient (Wildman–Crippen LogP) is 1.40. The lowest BCUT2D eigenvalue weighted by Crippen LogP contribution is -2.57. The number of primary amides is 1. The van der Waals surface area contributed by atoms with Crippen molar-refractivity contribution in [1.29, 1.82) is 0 Å². The summed E-state index contributed by atoms with van der Waals surface area (Å²) in [6, 6.07) is 5.92. The SMILES string of the molecule is NC(=O)[C@@]1(CCCc2ccccn2)CCCCN1. The zero-order valence-corrected chi connectivity index (χ0v) is 10.7. The third-order valence-electron chi connectivity index (χ3n) is 3.73. The van der Waals surface area contributed by atoms with Crippen LogP contribution < -0.4 is 11.1 Å². The fraction of sp³-hybridized carbons (Fsp3) is 0.571. The second kappa shape index (κ2) is 5.96. The number of carbonyl (C=O) groups excluding carboxylic acids is 1. The Morgan fingerprint density at radius 3 is 2.94 bits per heavy atom. The highest BCUT2D eigenvalue weighted by Crippen LogP contribution is 2.24. The molecule has 1 saturated heterocycles. The van der Waals surface area contributed by atoms with Crippen LogP contribution in [0.25, 0.3) is 0 Å². The summed E-state index contributed by atoms with van der Waals surface area (Å²) in [5.74, 6) is -0.205. The predicted molar refractivity (Wildman–Crippen MR) is 71.0 cm³/mol. The molecule has 0 saturated carbocycles. The van der Waals surface area contributed by atoms with E-state index >= 15 is 0 Å². The molecule has 1 amide bonds. The highest BCUT2D eigenvalue weighted by Gasteiger charge is 2.36. The number of hydrogen-bond donors (Lipinski definition) is 2. The number of carbonyl (C=O) groups is 1. The summed E-state index contributed by atoms with van der Waals surface area (Å²) in [7, 11) is 0. The lowest BCUT2D eigenvalue weighted by atomic mass is 9.83. The van der Waals surface area contributed by atoms with Crippen LogP contribution in [0, 0.1) is 0 Å². The summed E-state index contributed by atoms with van der Waals surface area (Å²) in [6.45, 7) is 0.895. The number of pyridine rings is 1. The number of rotatable bonds is 5. The zero-order valence-electron chi connectivity index (χ0n) is 10.7. The quantitative estimate of drug-likeness (QED) is 0.826. The summed E-state index contributed by atoms with van der Waals surface area (Å²) in [5, 5.41) is 3.32. The molecule has 1 aliphatic heterocycles. The smallest absolute Gasteiger partial charge is 0.237 e. The Morgan fingerprint density at radius 1 is 1.44 bits per heavy atom. The molecule has 2 heterocycles. The van der Waals surface area contributed by atoms with Crippen LogP contribution in [0.1, 0.15) is 37.8 Å². The van der Waals surface area contributed by atoms with Gasteiger partial charge in [0.15, 0.2) is 0 Å². The number of amides is 1. The number of hydrogen-bond acceptors (Lipinski definition) is 3. The number of aromatic nitrogens is 1. The monoisotopic (exact) mass is 247 g/mol. The van der Waals surface area contributed by atoms with E-state index in [1.807, 2.05) is 18.2 Å². The van der Waals surface area contributed by atoms with E-state index in [0.29, 0.717) is 0 Å². The van der Waals surface area contributed by atoms with Gasteiger partial charge in [0.2, 0.25) is 5.91 Å². The van der Waals surface area contributed by atoms with Gasteiger partial charge in [0.1, 0.15) is 0 Å². The minimum atomic E-state index is -0.479. The molecule has 1 fully saturated rings. The van der Waals surface area contributed by atoms with E-state index in [-0.39, 0.29) is 5.91 Å². The molecule has 1 aromatic heterocycles. The first-order valence-corrected chi connectivity index (χ1v) is 6.68. The van der Waals surface area contributed by atoms with Crippen LogP contribution in [0.4, 0.5) is 0 Å². The van der Waals surface area contributed by atoms with E-state index in [4.69, 9.17) is 5.73 Å². The van der Waals surface area contributed by atoms with Crippen molar-refractivity contribution < 1.29 is 4.79 Å². The average molecular weight is 247 g/mol. The van der Waals surface area contributed by atoms with Gasteiger partial charge in [0, 0.05) is 11.9 Å². The van der Waals surface area contributed by atoms with Gasteiger partial charge < -0.3 is 11.1 Å². The molecule has 98 valence electrons. The molecule has 1 aliphatic rings. The van der Waals surface area contributed by atoms with Crippen LogP contribution in [-0.4, -0.2) is 23.0 Å². The molecule has 2 rings (SSSR count). The topological polar surface area (TPSA) is 68.0 Å². The first-order valence-electron chi connectivity index (χ1n) is 6.68. The number of piperidine rings is 1. The molecule has 4 nitrogen and oxygen atoms in total. The summed E-state index contributed by atoms with van der Waals surface area (Å²) < 4.78 is 0. The Kier molecular flexibility index (Phi) is 4.31. The molecular weight excluding hydrogens is 226 g/mol. The van der Waals surface area contributed by atoms with Crippen LogP contribution in [0.3, 0.4) is 0 Å². The lowest BCUT2D eigenvalue weighted by molar-refractivity contribution is -0.125. The molecule has 4 heteroatoms. The van der Waals surface area contributed by atoms with E-state index in [1.165, 1.54) is 0 Å². The largest absolute Gasteiger partial charge is 0.368 e. The standard InChI is InChI=1S/C14H21N3O/c15-13(18)14(8-2-4-11-17-14)9-5-7-12-6-1-3-10-16-12/h1,3,6,10,17H,2,4-5,7-9,11H2,(H2,15,18)/t14-/m0/s1. The molecular formula is C14H21N3O. The van der Waals surface area contributed by atoms with Gasteiger partial charge in [-0.2, -0.15) is 0 Å². The van der Waals surface area contributed by atoms with Crippen molar-refractivity contribution in [3.05, 3.63) is 30.1 Å². The first-order chi connectivity index (χ1) is 8.73. The summed E-state index contributed by atoms with van der Waals surface area (Å²) in [5.41, 5.74) is 6.16. The van der Waals surface area contributed by atoms with Gasteiger partial charge in [0.25, 0.3) is 0 Å². The fourth-order valence-electron chi connectivity index (χ4n) is 2.63. The molecule has 1 atom stereocenters. The molecule has 0 aliphatic carbocycles. The maximum absolute atomic E-state index is 11.7. The Labute approximate surface area is 108 Å². The summed E-state index contributed by atoms with van der Waals surface area (Å²) in [4.78, 5) is 16.0. The first kappa shape index (κ1) is 13.0. The van der Waals surface area contributed by atoms with Gasteiger partial charge in [-0.05, 0) is 57.2 Å². The average Bonchev–Trinajstić information content (AvgIpc) is 2.41. The van der Waals surface area contributed by atoms with Crippen LogP contribution in [0.15, 0.2) is 24.4 Å². The van der Waals surface area contributed by atoms with Crippen molar-refractivity contribution in [2.75, 3.05) is 6.54 Å². The van der Waals surface area contributed by atoms with Crippen molar-refractivity contribution >= 4 is 5.91 Å². The molecule has 3 N–H and O–H groups in total. The Hall–Kier alpha value is -1.42. The van der Waals surface area contributed by atoms with Gasteiger partial charge in [-0.15, -0.1) is 0 Å².